The fourth-order valence-electron chi connectivity index (χ4n) is 3.64. The topological polar surface area (TPSA) is 128 Å². The third kappa shape index (κ3) is 10.2. The minimum atomic E-state index is -1.41. The standard InChI is InChI=1S/C29H37NO8/c1-5-20(4)25(26(31)32)38-28(34)24(17-21-12-8-6-9-13-21)37-27(33)23(16-19(2)3)30-29(35)36-18-22-14-10-7-11-15-22/h6-15,19-20,23-25H,5,16-18H2,1-4H3,(H,30,35)(H,31,32)/t20-,23-,24-,25-/m0/s1. The van der Waals surface area contributed by atoms with Crippen molar-refractivity contribution in [2.75, 3.05) is 0 Å². The van der Waals surface area contributed by atoms with Crippen LogP contribution in [0.1, 0.15) is 51.7 Å². The molecule has 1 amide bonds. The first-order valence-corrected chi connectivity index (χ1v) is 12.8. The summed E-state index contributed by atoms with van der Waals surface area (Å²) >= 11 is 0. The summed E-state index contributed by atoms with van der Waals surface area (Å²) in [5.41, 5.74) is 1.47. The molecule has 0 radical (unpaired) electrons. The van der Waals surface area contributed by atoms with Crippen molar-refractivity contribution in [2.24, 2.45) is 11.8 Å². The Morgan fingerprint density at radius 2 is 1.42 bits per heavy atom. The molecule has 2 aromatic rings. The fraction of sp³-hybridized carbons (Fsp3) is 0.448. The number of esters is 2. The van der Waals surface area contributed by atoms with Gasteiger partial charge in [-0.25, -0.2) is 19.2 Å². The molecule has 0 aliphatic heterocycles. The summed E-state index contributed by atoms with van der Waals surface area (Å²) in [7, 11) is 0. The molecule has 2 N–H and O–H groups in total. The fourth-order valence-corrected chi connectivity index (χ4v) is 3.64. The Morgan fingerprint density at radius 3 is 1.95 bits per heavy atom. The van der Waals surface area contributed by atoms with E-state index < -0.39 is 48.2 Å². The number of ether oxygens (including phenoxy) is 3. The Labute approximate surface area is 223 Å². The van der Waals surface area contributed by atoms with Crippen LogP contribution in [0.25, 0.3) is 0 Å². The van der Waals surface area contributed by atoms with E-state index in [2.05, 4.69) is 5.32 Å². The maximum absolute atomic E-state index is 13.2. The van der Waals surface area contributed by atoms with Crippen molar-refractivity contribution in [2.45, 2.75) is 71.8 Å². The number of carboxylic acid groups (broad SMARTS) is 1. The molecule has 0 bridgehead atoms. The van der Waals surface area contributed by atoms with Crippen LogP contribution in [0.3, 0.4) is 0 Å². The quantitative estimate of drug-likeness (QED) is 0.271. The highest BCUT2D eigenvalue weighted by Gasteiger charge is 2.35. The maximum atomic E-state index is 13.2. The number of amides is 1. The molecule has 0 aromatic heterocycles. The molecular weight excluding hydrogens is 490 g/mol. The summed E-state index contributed by atoms with van der Waals surface area (Å²) in [6.07, 6.45) is -2.92. The second-order valence-electron chi connectivity index (χ2n) is 9.58. The smallest absolute Gasteiger partial charge is 0.408 e. The molecule has 0 spiro atoms. The molecule has 9 heteroatoms. The van der Waals surface area contributed by atoms with Crippen LogP contribution < -0.4 is 5.32 Å². The van der Waals surface area contributed by atoms with Gasteiger partial charge in [-0.05, 0) is 29.9 Å². The number of aliphatic carboxylic acids is 1. The summed E-state index contributed by atoms with van der Waals surface area (Å²) < 4.78 is 16.1. The number of carbonyl (C=O) groups excluding carboxylic acids is 3. The van der Waals surface area contributed by atoms with E-state index in [9.17, 15) is 24.3 Å². The highest BCUT2D eigenvalue weighted by Crippen LogP contribution is 2.17. The van der Waals surface area contributed by atoms with Gasteiger partial charge >= 0.3 is 24.0 Å². The molecular formula is C29H37NO8. The largest absolute Gasteiger partial charge is 0.478 e. The zero-order chi connectivity index (χ0) is 28.1. The van der Waals surface area contributed by atoms with E-state index in [1.54, 1.807) is 56.3 Å². The zero-order valence-electron chi connectivity index (χ0n) is 22.3. The van der Waals surface area contributed by atoms with Gasteiger partial charge < -0.3 is 24.6 Å². The molecule has 4 atom stereocenters. The van der Waals surface area contributed by atoms with E-state index >= 15 is 0 Å². The summed E-state index contributed by atoms with van der Waals surface area (Å²) in [6.45, 7) is 7.21. The molecule has 0 unspecified atom stereocenters. The van der Waals surface area contributed by atoms with E-state index in [0.29, 0.717) is 12.0 Å². The van der Waals surface area contributed by atoms with Crippen molar-refractivity contribution in [3.63, 3.8) is 0 Å². The summed E-state index contributed by atoms with van der Waals surface area (Å²) in [5.74, 6) is -3.53. The SMILES string of the molecule is CC[C@H](C)[C@H](OC(=O)[C@H](Cc1ccccc1)OC(=O)[C@H](CC(C)C)NC(=O)OCc1ccccc1)C(=O)O. The van der Waals surface area contributed by atoms with Gasteiger partial charge in [0.2, 0.25) is 12.2 Å². The lowest BCUT2D eigenvalue weighted by molar-refractivity contribution is -0.180. The average Bonchev–Trinajstić information content (AvgIpc) is 2.90. The van der Waals surface area contributed by atoms with Crippen LogP contribution >= 0.6 is 0 Å². The Hall–Kier alpha value is -3.88. The van der Waals surface area contributed by atoms with E-state index in [0.717, 1.165) is 5.56 Å². The number of carbonyl (C=O) groups is 4. The first-order valence-electron chi connectivity index (χ1n) is 12.8. The van der Waals surface area contributed by atoms with Crippen LogP contribution in [-0.2, 0) is 41.6 Å². The average molecular weight is 528 g/mol. The lowest BCUT2D eigenvalue weighted by atomic mass is 10.0. The molecule has 0 heterocycles. The van der Waals surface area contributed by atoms with Gasteiger partial charge in [-0.3, -0.25) is 0 Å². The molecule has 0 saturated carbocycles. The highest BCUT2D eigenvalue weighted by molar-refractivity contribution is 5.86. The van der Waals surface area contributed by atoms with Crippen LogP contribution in [0.4, 0.5) is 4.79 Å². The van der Waals surface area contributed by atoms with Crippen molar-refractivity contribution in [1.29, 1.82) is 0 Å². The van der Waals surface area contributed by atoms with Crippen molar-refractivity contribution < 1.29 is 38.5 Å². The zero-order valence-corrected chi connectivity index (χ0v) is 22.3. The van der Waals surface area contributed by atoms with Gasteiger partial charge in [0.1, 0.15) is 12.6 Å². The lowest BCUT2D eigenvalue weighted by Crippen LogP contribution is -2.46. The Morgan fingerprint density at radius 1 is 0.842 bits per heavy atom. The molecule has 0 fully saturated rings. The van der Waals surface area contributed by atoms with Gasteiger partial charge in [0.05, 0.1) is 0 Å². The van der Waals surface area contributed by atoms with E-state index in [1.807, 2.05) is 32.0 Å². The Balaban J connectivity index is 2.17. The van der Waals surface area contributed by atoms with Crippen LogP contribution in [-0.4, -0.2) is 47.4 Å². The third-order valence-corrected chi connectivity index (χ3v) is 5.93. The van der Waals surface area contributed by atoms with E-state index in [4.69, 9.17) is 14.2 Å². The first kappa shape index (κ1) is 30.3. The van der Waals surface area contributed by atoms with Gasteiger partial charge in [0.15, 0.2) is 0 Å². The van der Waals surface area contributed by atoms with Gasteiger partial charge in [-0.15, -0.1) is 0 Å². The number of rotatable bonds is 14. The predicted octanol–water partition coefficient (Wildman–Crippen LogP) is 4.52. The minimum Gasteiger partial charge on any atom is -0.478 e. The van der Waals surface area contributed by atoms with Gasteiger partial charge in [-0.1, -0.05) is 88.4 Å². The van der Waals surface area contributed by atoms with Crippen LogP contribution in [0.5, 0.6) is 0 Å². The number of nitrogens with one attached hydrogen (secondary N) is 1. The van der Waals surface area contributed by atoms with Gasteiger partial charge in [-0.2, -0.15) is 0 Å². The highest BCUT2D eigenvalue weighted by atomic mass is 16.6. The van der Waals surface area contributed by atoms with Crippen LogP contribution in [0.15, 0.2) is 60.7 Å². The number of benzene rings is 2. The second kappa shape index (κ2) is 15.4. The molecule has 206 valence electrons. The molecule has 38 heavy (non-hydrogen) atoms. The molecule has 2 aromatic carbocycles. The van der Waals surface area contributed by atoms with E-state index in [1.165, 1.54) is 0 Å². The monoisotopic (exact) mass is 527 g/mol. The number of alkyl carbamates (subject to hydrolysis) is 1. The van der Waals surface area contributed by atoms with Crippen molar-refractivity contribution >= 4 is 24.0 Å². The first-order chi connectivity index (χ1) is 18.1. The van der Waals surface area contributed by atoms with Crippen LogP contribution in [0.2, 0.25) is 0 Å². The van der Waals surface area contributed by atoms with Crippen molar-refractivity contribution in [3.05, 3.63) is 71.8 Å². The van der Waals surface area contributed by atoms with Crippen LogP contribution in [0, 0.1) is 11.8 Å². The summed E-state index contributed by atoms with van der Waals surface area (Å²) in [6, 6.07) is 16.8. The van der Waals surface area contributed by atoms with Crippen molar-refractivity contribution in [3.8, 4) is 0 Å². The molecule has 2 rings (SSSR count). The predicted molar refractivity (Wildman–Crippen MR) is 140 cm³/mol. The van der Waals surface area contributed by atoms with Gasteiger partial charge in [0.25, 0.3) is 0 Å². The molecule has 0 saturated heterocycles. The van der Waals surface area contributed by atoms with Crippen molar-refractivity contribution in [1.82, 2.24) is 5.32 Å². The van der Waals surface area contributed by atoms with Gasteiger partial charge in [0, 0.05) is 12.3 Å². The van der Waals surface area contributed by atoms with E-state index in [-0.39, 0.29) is 25.4 Å². The maximum Gasteiger partial charge on any atom is 0.408 e. The molecule has 9 nitrogen and oxygen atoms in total. The third-order valence-electron chi connectivity index (χ3n) is 5.93. The normalized spacial score (nSPS) is 14.0. The molecule has 0 aliphatic carbocycles. The minimum absolute atomic E-state index is 0.00305. The Kier molecular flexibility index (Phi) is 12.3. The second-order valence-corrected chi connectivity index (χ2v) is 9.58. The number of carboxylic acids is 1. The Bertz CT molecular complexity index is 1040. The summed E-state index contributed by atoms with van der Waals surface area (Å²) in [4.78, 5) is 50.4. The number of hydrogen-bond donors (Lipinski definition) is 2. The molecule has 0 aliphatic rings. The summed E-state index contributed by atoms with van der Waals surface area (Å²) in [5, 5.41) is 12.1. The lowest BCUT2D eigenvalue weighted by Gasteiger charge is -2.25. The number of hydrogen-bond acceptors (Lipinski definition) is 7.